The Labute approximate surface area is 107 Å². The molecule has 2 N–H and O–H groups in total. The van der Waals surface area contributed by atoms with E-state index in [1.807, 2.05) is 20.8 Å². The van der Waals surface area contributed by atoms with Gasteiger partial charge in [0.1, 0.15) is 6.54 Å². The van der Waals surface area contributed by atoms with Crippen molar-refractivity contribution in [2.45, 2.75) is 52.1 Å². The van der Waals surface area contributed by atoms with Crippen LogP contribution in [0.4, 0.5) is 0 Å². The number of hydrogen-bond acceptors (Lipinski definition) is 4. The second kappa shape index (κ2) is 6.49. The van der Waals surface area contributed by atoms with E-state index in [4.69, 9.17) is 5.11 Å². The Morgan fingerprint density at radius 1 is 1.56 bits per heavy atom. The second-order valence-electron chi connectivity index (χ2n) is 5.02. The maximum atomic E-state index is 11.8. The zero-order valence-electron chi connectivity index (χ0n) is 11.3. The minimum Gasteiger partial charge on any atom is -0.396 e. The number of aliphatic hydroxyl groups excluding tert-OH is 1. The number of hydrogen-bond donors (Lipinski definition) is 2. The maximum absolute atomic E-state index is 11.8. The molecule has 0 aromatic carbocycles. The molecule has 6 heteroatoms. The van der Waals surface area contributed by atoms with Crippen molar-refractivity contribution in [3.8, 4) is 0 Å². The van der Waals surface area contributed by atoms with Crippen LogP contribution in [0, 0.1) is 0 Å². The Morgan fingerprint density at radius 2 is 2.28 bits per heavy atom. The molecular formula is C12H22N4O2. The first kappa shape index (κ1) is 14.6. The van der Waals surface area contributed by atoms with Crippen LogP contribution in [-0.2, 0) is 17.8 Å². The summed E-state index contributed by atoms with van der Waals surface area (Å²) in [6, 6.07) is 0. The van der Waals surface area contributed by atoms with Gasteiger partial charge in [-0.2, -0.15) is 0 Å². The van der Waals surface area contributed by atoms with Gasteiger partial charge in [-0.25, -0.2) is 4.68 Å². The highest BCUT2D eigenvalue weighted by Gasteiger charge is 2.18. The lowest BCUT2D eigenvalue weighted by Crippen LogP contribution is -2.44. The second-order valence-corrected chi connectivity index (χ2v) is 5.02. The predicted molar refractivity (Wildman–Crippen MR) is 67.9 cm³/mol. The highest BCUT2D eigenvalue weighted by molar-refractivity contribution is 5.76. The molecule has 0 radical (unpaired) electrons. The number of aromatic nitrogens is 3. The van der Waals surface area contributed by atoms with Crippen molar-refractivity contribution in [2.75, 3.05) is 6.61 Å². The van der Waals surface area contributed by atoms with E-state index in [9.17, 15) is 4.79 Å². The monoisotopic (exact) mass is 254 g/mol. The first-order valence-corrected chi connectivity index (χ1v) is 6.27. The van der Waals surface area contributed by atoms with Gasteiger partial charge in [-0.1, -0.05) is 12.1 Å². The summed E-state index contributed by atoms with van der Waals surface area (Å²) in [6.45, 7) is 6.31. The first-order chi connectivity index (χ1) is 8.46. The first-order valence-electron chi connectivity index (χ1n) is 6.27. The molecule has 1 rings (SSSR count). The van der Waals surface area contributed by atoms with Crippen LogP contribution in [0.1, 0.15) is 39.3 Å². The van der Waals surface area contributed by atoms with Crippen molar-refractivity contribution in [1.29, 1.82) is 0 Å². The highest BCUT2D eigenvalue weighted by Crippen LogP contribution is 2.06. The number of aryl methyl sites for hydroxylation is 1. The number of rotatable bonds is 7. The standard InChI is InChI=1S/C12H22N4O2/c1-4-12(2,3)13-11(18)9-16-8-10(14-15-16)6-5-7-17/h8,17H,4-7,9H2,1-3H3,(H,13,18). The van der Waals surface area contributed by atoms with Crippen molar-refractivity contribution in [1.82, 2.24) is 20.3 Å². The third-order valence-electron chi connectivity index (χ3n) is 2.84. The number of carbonyl (C=O) groups excluding carboxylic acids is 1. The Hall–Kier alpha value is -1.43. The predicted octanol–water partition coefficient (Wildman–Crippen LogP) is 0.508. The summed E-state index contributed by atoms with van der Waals surface area (Å²) in [6.07, 6.45) is 3.96. The quantitative estimate of drug-likeness (QED) is 0.743. The molecule has 0 spiro atoms. The summed E-state index contributed by atoms with van der Waals surface area (Å²) in [5, 5.41) is 19.5. The SMILES string of the molecule is CCC(C)(C)NC(=O)Cn1cc(CCCO)nn1. The van der Waals surface area contributed by atoms with Crippen molar-refractivity contribution in [3.05, 3.63) is 11.9 Å². The van der Waals surface area contributed by atoms with Crippen LogP contribution in [0.15, 0.2) is 6.20 Å². The van der Waals surface area contributed by atoms with Crippen LogP contribution in [0.25, 0.3) is 0 Å². The molecule has 0 aliphatic rings. The fourth-order valence-electron chi connectivity index (χ4n) is 1.44. The maximum Gasteiger partial charge on any atom is 0.242 e. The molecule has 0 aliphatic heterocycles. The minimum atomic E-state index is -0.197. The zero-order valence-corrected chi connectivity index (χ0v) is 11.3. The number of carbonyl (C=O) groups is 1. The van der Waals surface area contributed by atoms with E-state index in [1.165, 1.54) is 4.68 Å². The van der Waals surface area contributed by atoms with Crippen LogP contribution in [0.5, 0.6) is 0 Å². The van der Waals surface area contributed by atoms with Gasteiger partial charge in [0, 0.05) is 18.3 Å². The topological polar surface area (TPSA) is 80.0 Å². The summed E-state index contributed by atoms with van der Waals surface area (Å²) < 4.78 is 1.52. The Morgan fingerprint density at radius 3 is 2.89 bits per heavy atom. The summed E-state index contributed by atoms with van der Waals surface area (Å²) in [7, 11) is 0. The average molecular weight is 254 g/mol. The molecule has 1 aromatic rings. The molecule has 0 atom stereocenters. The van der Waals surface area contributed by atoms with Gasteiger partial charge in [-0.05, 0) is 33.1 Å². The molecule has 18 heavy (non-hydrogen) atoms. The van der Waals surface area contributed by atoms with Gasteiger partial charge in [0.2, 0.25) is 5.91 Å². The number of nitrogens with one attached hydrogen (secondary N) is 1. The van der Waals surface area contributed by atoms with Crippen LogP contribution >= 0.6 is 0 Å². The lowest BCUT2D eigenvalue weighted by Gasteiger charge is -2.24. The van der Waals surface area contributed by atoms with Gasteiger partial charge in [0.05, 0.1) is 5.69 Å². The van der Waals surface area contributed by atoms with Crippen molar-refractivity contribution < 1.29 is 9.90 Å². The molecule has 0 saturated carbocycles. The summed E-state index contributed by atoms with van der Waals surface area (Å²) in [5.74, 6) is -0.0690. The molecule has 1 heterocycles. The van der Waals surface area contributed by atoms with Gasteiger partial charge >= 0.3 is 0 Å². The van der Waals surface area contributed by atoms with E-state index in [0.717, 1.165) is 12.1 Å². The van der Waals surface area contributed by atoms with Gasteiger partial charge in [-0.15, -0.1) is 5.10 Å². The van der Waals surface area contributed by atoms with E-state index < -0.39 is 0 Å². The molecule has 0 saturated heterocycles. The number of nitrogens with zero attached hydrogens (tertiary/aromatic N) is 3. The van der Waals surface area contributed by atoms with Crippen LogP contribution < -0.4 is 5.32 Å². The molecule has 0 unspecified atom stereocenters. The normalized spacial score (nSPS) is 11.6. The lowest BCUT2D eigenvalue weighted by molar-refractivity contribution is -0.123. The molecule has 0 fully saturated rings. The molecule has 0 aliphatic carbocycles. The van der Waals surface area contributed by atoms with Gasteiger partial charge < -0.3 is 10.4 Å². The van der Waals surface area contributed by atoms with Gasteiger partial charge in [-0.3, -0.25) is 4.79 Å². The molecule has 0 bridgehead atoms. The molecule has 1 aromatic heterocycles. The van der Waals surface area contributed by atoms with E-state index in [2.05, 4.69) is 15.6 Å². The van der Waals surface area contributed by atoms with Gasteiger partial charge in [0.25, 0.3) is 0 Å². The zero-order chi connectivity index (χ0) is 13.6. The molecule has 102 valence electrons. The van der Waals surface area contributed by atoms with Crippen molar-refractivity contribution >= 4 is 5.91 Å². The van der Waals surface area contributed by atoms with Crippen LogP contribution in [0.3, 0.4) is 0 Å². The van der Waals surface area contributed by atoms with E-state index in [0.29, 0.717) is 12.8 Å². The van der Waals surface area contributed by atoms with Crippen LogP contribution in [0.2, 0.25) is 0 Å². The summed E-state index contributed by atoms with van der Waals surface area (Å²) >= 11 is 0. The fraction of sp³-hybridized carbons (Fsp3) is 0.750. The molecule has 1 amide bonds. The Bertz CT molecular complexity index is 387. The highest BCUT2D eigenvalue weighted by atomic mass is 16.2. The third-order valence-corrected chi connectivity index (χ3v) is 2.84. The Balaban J connectivity index is 2.47. The number of amides is 1. The van der Waals surface area contributed by atoms with Crippen molar-refractivity contribution in [3.63, 3.8) is 0 Å². The Kier molecular flexibility index (Phi) is 5.27. The van der Waals surface area contributed by atoms with E-state index in [-0.39, 0.29) is 24.6 Å². The average Bonchev–Trinajstić information content (AvgIpc) is 2.73. The largest absolute Gasteiger partial charge is 0.396 e. The van der Waals surface area contributed by atoms with E-state index in [1.54, 1.807) is 6.20 Å². The van der Waals surface area contributed by atoms with Crippen LogP contribution in [-0.4, -0.2) is 38.2 Å². The molecular weight excluding hydrogens is 232 g/mol. The molecule has 6 nitrogen and oxygen atoms in total. The smallest absolute Gasteiger partial charge is 0.242 e. The number of aliphatic hydroxyl groups is 1. The third kappa shape index (κ3) is 4.83. The fourth-order valence-corrected chi connectivity index (χ4v) is 1.44. The van der Waals surface area contributed by atoms with E-state index >= 15 is 0 Å². The summed E-state index contributed by atoms with van der Waals surface area (Å²) in [5.41, 5.74) is 0.601. The van der Waals surface area contributed by atoms with Crippen molar-refractivity contribution in [2.24, 2.45) is 0 Å². The van der Waals surface area contributed by atoms with Gasteiger partial charge in [0.15, 0.2) is 0 Å². The lowest BCUT2D eigenvalue weighted by atomic mass is 10.0. The minimum absolute atomic E-state index is 0.0690. The summed E-state index contributed by atoms with van der Waals surface area (Å²) in [4.78, 5) is 11.8.